The van der Waals surface area contributed by atoms with E-state index in [-0.39, 0.29) is 13.2 Å². The summed E-state index contributed by atoms with van der Waals surface area (Å²) in [7, 11) is 1.40. The molecule has 0 aromatic rings. The third-order valence-corrected chi connectivity index (χ3v) is 2.40. The van der Waals surface area contributed by atoms with Crippen molar-refractivity contribution in [2.24, 2.45) is 0 Å². The first-order chi connectivity index (χ1) is 9.54. The summed E-state index contributed by atoms with van der Waals surface area (Å²) in [5.74, 6) is -2.93. The van der Waals surface area contributed by atoms with Crippen LogP contribution in [0.1, 0.15) is 6.92 Å². The SMILES string of the molecule is COCCNC(=O)CNC(=O)NC(C)(C(=O)O)C(F)(F)F. The lowest BCUT2D eigenvalue weighted by atomic mass is 10.0. The number of nitrogens with one attached hydrogen (secondary N) is 3. The molecule has 8 nitrogen and oxygen atoms in total. The van der Waals surface area contributed by atoms with Crippen LogP contribution in [-0.2, 0) is 14.3 Å². The Morgan fingerprint density at radius 1 is 1.19 bits per heavy atom. The minimum absolute atomic E-state index is 0.161. The highest BCUT2D eigenvalue weighted by Gasteiger charge is 2.58. The molecule has 0 fully saturated rings. The summed E-state index contributed by atoms with van der Waals surface area (Å²) in [6, 6.07) is -1.43. The molecule has 11 heteroatoms. The minimum Gasteiger partial charge on any atom is -0.479 e. The number of carbonyl (C=O) groups is 3. The Kier molecular flexibility index (Phi) is 6.92. The maximum absolute atomic E-state index is 12.6. The molecule has 0 aliphatic carbocycles. The molecule has 21 heavy (non-hydrogen) atoms. The smallest absolute Gasteiger partial charge is 0.422 e. The van der Waals surface area contributed by atoms with Crippen LogP contribution in [0.15, 0.2) is 0 Å². The molecular weight excluding hydrogens is 299 g/mol. The fourth-order valence-corrected chi connectivity index (χ4v) is 1.03. The standard InChI is InChI=1S/C10H16F3N3O5/c1-9(7(18)19,10(11,12)13)16-8(20)15-5-6(17)14-3-4-21-2/h3-5H2,1-2H3,(H,14,17)(H,18,19)(H2,15,16,20). The number of ether oxygens (including phenoxy) is 1. The predicted molar refractivity (Wildman–Crippen MR) is 63.5 cm³/mol. The van der Waals surface area contributed by atoms with Gasteiger partial charge in [-0.05, 0) is 6.92 Å². The zero-order chi connectivity index (χ0) is 16.7. The number of halogens is 3. The summed E-state index contributed by atoms with van der Waals surface area (Å²) in [4.78, 5) is 33.1. The second kappa shape index (κ2) is 7.67. The molecule has 0 aliphatic heterocycles. The Morgan fingerprint density at radius 2 is 1.76 bits per heavy atom. The molecule has 1 atom stereocenters. The van der Waals surface area contributed by atoms with Crippen LogP contribution in [0.5, 0.6) is 0 Å². The zero-order valence-corrected chi connectivity index (χ0v) is 11.3. The summed E-state index contributed by atoms with van der Waals surface area (Å²) in [6.45, 7) is 0.0772. The Bertz CT molecular complexity index is 402. The van der Waals surface area contributed by atoms with Crippen LogP contribution in [-0.4, -0.2) is 61.5 Å². The first-order valence-corrected chi connectivity index (χ1v) is 5.66. The van der Waals surface area contributed by atoms with E-state index in [1.807, 2.05) is 5.32 Å². The van der Waals surface area contributed by atoms with Gasteiger partial charge in [0.05, 0.1) is 13.2 Å². The quantitative estimate of drug-likeness (QED) is 0.471. The van der Waals surface area contributed by atoms with Crippen molar-refractivity contribution in [1.29, 1.82) is 0 Å². The molecular formula is C10H16F3N3O5. The van der Waals surface area contributed by atoms with Gasteiger partial charge in [-0.2, -0.15) is 13.2 Å². The first-order valence-electron chi connectivity index (χ1n) is 5.66. The maximum Gasteiger partial charge on any atom is 0.422 e. The number of rotatable bonds is 7. The van der Waals surface area contributed by atoms with E-state index in [4.69, 9.17) is 5.11 Å². The van der Waals surface area contributed by atoms with Crippen LogP contribution < -0.4 is 16.0 Å². The molecule has 0 radical (unpaired) electrons. The van der Waals surface area contributed by atoms with Gasteiger partial charge < -0.3 is 25.8 Å². The summed E-state index contributed by atoms with van der Waals surface area (Å²) in [5.41, 5.74) is -3.45. The van der Waals surface area contributed by atoms with Crippen molar-refractivity contribution in [3.63, 3.8) is 0 Å². The Morgan fingerprint density at radius 3 is 2.19 bits per heavy atom. The van der Waals surface area contributed by atoms with Crippen LogP contribution in [0.4, 0.5) is 18.0 Å². The molecule has 3 amide bonds. The summed E-state index contributed by atoms with van der Waals surface area (Å²) in [6.07, 6.45) is -5.20. The Labute approximate surface area is 118 Å². The van der Waals surface area contributed by atoms with Gasteiger partial charge in [-0.25, -0.2) is 9.59 Å². The van der Waals surface area contributed by atoms with Crippen LogP contribution >= 0.6 is 0 Å². The van der Waals surface area contributed by atoms with E-state index in [1.54, 1.807) is 0 Å². The van der Waals surface area contributed by atoms with Gasteiger partial charge in [0.25, 0.3) is 0 Å². The van der Waals surface area contributed by atoms with E-state index in [2.05, 4.69) is 10.1 Å². The van der Waals surface area contributed by atoms with E-state index >= 15 is 0 Å². The normalized spacial score (nSPS) is 14.0. The summed E-state index contributed by atoms with van der Waals surface area (Å²) < 4.78 is 42.5. The number of carbonyl (C=O) groups excluding carboxylic acids is 2. The van der Waals surface area contributed by atoms with E-state index in [0.29, 0.717) is 6.92 Å². The topological polar surface area (TPSA) is 117 Å². The van der Waals surface area contributed by atoms with Crippen molar-refractivity contribution >= 4 is 17.9 Å². The number of methoxy groups -OCH3 is 1. The molecule has 0 saturated carbocycles. The van der Waals surface area contributed by atoms with Crippen LogP contribution in [0.2, 0.25) is 0 Å². The number of amides is 3. The lowest BCUT2D eigenvalue weighted by Crippen LogP contribution is -2.64. The lowest BCUT2D eigenvalue weighted by Gasteiger charge is -2.28. The van der Waals surface area contributed by atoms with Crippen molar-refractivity contribution in [2.75, 3.05) is 26.8 Å². The fraction of sp³-hybridized carbons (Fsp3) is 0.700. The van der Waals surface area contributed by atoms with Gasteiger partial charge in [0.15, 0.2) is 0 Å². The van der Waals surface area contributed by atoms with E-state index < -0.39 is 36.2 Å². The molecule has 122 valence electrons. The molecule has 0 bridgehead atoms. The van der Waals surface area contributed by atoms with Crippen LogP contribution in [0, 0.1) is 0 Å². The van der Waals surface area contributed by atoms with Crippen LogP contribution in [0.3, 0.4) is 0 Å². The molecule has 1 unspecified atom stereocenters. The highest BCUT2D eigenvalue weighted by molar-refractivity contribution is 5.89. The number of alkyl halides is 3. The van der Waals surface area contributed by atoms with Crippen molar-refractivity contribution in [2.45, 2.75) is 18.6 Å². The molecule has 0 saturated heterocycles. The first kappa shape index (κ1) is 19.0. The number of aliphatic carboxylic acids is 1. The van der Waals surface area contributed by atoms with Crippen molar-refractivity contribution in [1.82, 2.24) is 16.0 Å². The molecule has 0 aromatic heterocycles. The van der Waals surface area contributed by atoms with Gasteiger partial charge >= 0.3 is 18.2 Å². The van der Waals surface area contributed by atoms with Gasteiger partial charge in [-0.15, -0.1) is 0 Å². The fourth-order valence-electron chi connectivity index (χ4n) is 1.03. The monoisotopic (exact) mass is 315 g/mol. The highest BCUT2D eigenvalue weighted by atomic mass is 19.4. The lowest BCUT2D eigenvalue weighted by molar-refractivity contribution is -0.203. The molecule has 0 spiro atoms. The molecule has 0 aliphatic rings. The molecule has 0 aromatic carbocycles. The Balaban J connectivity index is 4.42. The summed E-state index contributed by atoms with van der Waals surface area (Å²) >= 11 is 0. The average Bonchev–Trinajstić information content (AvgIpc) is 2.35. The third-order valence-electron chi connectivity index (χ3n) is 2.40. The number of carboxylic acids is 1. The molecule has 0 heterocycles. The second-order valence-corrected chi connectivity index (χ2v) is 4.08. The number of hydrogen-bond acceptors (Lipinski definition) is 4. The van der Waals surface area contributed by atoms with Crippen LogP contribution in [0.25, 0.3) is 0 Å². The van der Waals surface area contributed by atoms with Crippen molar-refractivity contribution < 1.29 is 37.4 Å². The average molecular weight is 315 g/mol. The Hall–Kier alpha value is -2.04. The van der Waals surface area contributed by atoms with Crippen molar-refractivity contribution in [3.05, 3.63) is 0 Å². The number of hydrogen-bond donors (Lipinski definition) is 4. The number of carboxylic acid groups (broad SMARTS) is 1. The van der Waals surface area contributed by atoms with Crippen molar-refractivity contribution in [3.8, 4) is 0 Å². The zero-order valence-electron chi connectivity index (χ0n) is 11.3. The highest BCUT2D eigenvalue weighted by Crippen LogP contribution is 2.30. The molecule has 0 rings (SSSR count). The molecule has 4 N–H and O–H groups in total. The van der Waals surface area contributed by atoms with Gasteiger partial charge in [0, 0.05) is 13.7 Å². The van der Waals surface area contributed by atoms with Gasteiger partial charge in [0.2, 0.25) is 11.4 Å². The van der Waals surface area contributed by atoms with Gasteiger partial charge in [-0.1, -0.05) is 0 Å². The van der Waals surface area contributed by atoms with E-state index in [0.717, 1.165) is 0 Å². The third kappa shape index (κ3) is 5.85. The van der Waals surface area contributed by atoms with Gasteiger partial charge in [0.1, 0.15) is 0 Å². The predicted octanol–water partition coefficient (Wildman–Crippen LogP) is -0.546. The van der Waals surface area contributed by atoms with E-state index in [1.165, 1.54) is 12.4 Å². The largest absolute Gasteiger partial charge is 0.479 e. The summed E-state index contributed by atoms with van der Waals surface area (Å²) in [5, 5.41) is 14.0. The minimum atomic E-state index is -5.20. The number of urea groups is 1. The second-order valence-electron chi connectivity index (χ2n) is 4.08. The maximum atomic E-state index is 12.6. The van der Waals surface area contributed by atoms with E-state index in [9.17, 15) is 27.6 Å². The van der Waals surface area contributed by atoms with Gasteiger partial charge in [-0.3, -0.25) is 4.79 Å².